The van der Waals surface area contributed by atoms with Crippen molar-refractivity contribution in [1.82, 2.24) is 9.13 Å². The van der Waals surface area contributed by atoms with E-state index in [4.69, 9.17) is 5.48 Å². The molecule has 0 atom stereocenters. The van der Waals surface area contributed by atoms with E-state index in [1.807, 2.05) is 42.5 Å². The normalized spacial score (nSPS) is 14.3. The Bertz CT molecular complexity index is 5670. The Labute approximate surface area is 545 Å². The van der Waals surface area contributed by atoms with Crippen molar-refractivity contribution in [2.75, 3.05) is 9.80 Å². The topological polar surface area (TPSA) is 40.1 Å². The molecule has 0 N–H and O–H groups in total. The van der Waals surface area contributed by atoms with E-state index in [-0.39, 0.29) is 32.6 Å². The number of fused-ring (bicyclic) bond motifs is 10. The van der Waals surface area contributed by atoms with Crippen molar-refractivity contribution >= 4 is 101 Å². The average Bonchev–Trinajstić information content (AvgIpc) is 1.69. The largest absolute Gasteiger partial charge is 0.311 e. The van der Waals surface area contributed by atoms with Crippen molar-refractivity contribution in [2.45, 2.75) is 78.6 Å². The highest BCUT2D eigenvalue weighted by molar-refractivity contribution is 7.00. The van der Waals surface area contributed by atoms with Crippen LogP contribution in [-0.4, -0.2) is 15.8 Å². The fourth-order valence-corrected chi connectivity index (χ4v) is 14.1. The van der Waals surface area contributed by atoms with Gasteiger partial charge in [0.25, 0.3) is 6.71 Å². The van der Waals surface area contributed by atoms with Gasteiger partial charge in [0.15, 0.2) is 0 Å². The number of nitriles is 1. The molecule has 0 aliphatic carbocycles. The Morgan fingerprint density at radius 1 is 0.352 bits per heavy atom. The molecule has 2 aliphatic heterocycles. The molecule has 0 bridgehead atoms. The molecule has 0 saturated carbocycles. The second kappa shape index (κ2) is 20.7. The second-order valence-electron chi connectivity index (χ2n) is 27.5. The molecule has 6 heteroatoms. The summed E-state index contributed by atoms with van der Waals surface area (Å²) in [6.07, 6.45) is 0. The minimum Gasteiger partial charge on any atom is -0.311 e. The summed E-state index contributed by atoms with van der Waals surface area (Å²) < 4.78 is 78.2. The van der Waals surface area contributed by atoms with Crippen molar-refractivity contribution in [3.63, 3.8) is 0 Å². The van der Waals surface area contributed by atoms with Crippen LogP contribution in [0.25, 0.3) is 88.4 Å². The molecule has 2 aliphatic rings. The first-order chi connectivity index (χ1) is 47.3. The van der Waals surface area contributed by atoms with Gasteiger partial charge >= 0.3 is 0 Å². The molecule has 14 aromatic rings. The third-order valence-electron chi connectivity index (χ3n) is 18.8. The average molecular weight is 1180 g/mol. The monoisotopic (exact) mass is 1180 g/mol. The maximum Gasteiger partial charge on any atom is 0.252 e. The summed E-state index contributed by atoms with van der Waals surface area (Å²) in [6, 6.07) is 74.2. The van der Waals surface area contributed by atoms with E-state index in [0.717, 1.165) is 106 Å². The second-order valence-corrected chi connectivity index (χ2v) is 27.5. The van der Waals surface area contributed by atoms with Gasteiger partial charge in [-0.1, -0.05) is 238 Å². The van der Waals surface area contributed by atoms with Gasteiger partial charge in [-0.2, -0.15) is 5.26 Å². The summed E-state index contributed by atoms with van der Waals surface area (Å²) in [6.45, 7) is 19.8. The third-order valence-corrected chi connectivity index (χ3v) is 18.8. The lowest BCUT2D eigenvalue weighted by molar-refractivity contribution is 0.569. The highest BCUT2D eigenvalue weighted by Crippen LogP contribution is 2.51. The highest BCUT2D eigenvalue weighted by Gasteiger charge is 2.45. The summed E-state index contributed by atoms with van der Waals surface area (Å²) >= 11 is 0. The first kappa shape index (κ1) is 47.4. The van der Waals surface area contributed by atoms with Crippen LogP contribution >= 0.6 is 0 Å². The van der Waals surface area contributed by atoms with Gasteiger partial charge in [0.2, 0.25) is 0 Å². The molecule has 0 fully saturated rings. The molecule has 16 rings (SSSR count). The van der Waals surface area contributed by atoms with E-state index in [9.17, 15) is 10.7 Å². The van der Waals surface area contributed by atoms with Crippen LogP contribution in [-0.2, 0) is 16.2 Å². The number of aromatic nitrogens is 2. The Balaban J connectivity index is 1.06. The standard InChI is InChI=1S/C85H70BN5/c1-83(2,3)60-44-59(45-61(48-60)84(4,5)6)57-37-41-70-78(47-57)90(76-43-38-56(54-24-12-10-13-25-54)46-69(76)55-26-14-11-15-27-55)80-49-62(85(7,8)9)50-81-82(80)86(70)71-42-40-64(89-74-34-22-18-30-67(74)68-31-19-23-35-75(68)89)52-79(71)91(81)77-51-63(39-36-58(77)53-87)88-72-32-20-16-28-65(72)66-29-17-21-33-73(66)88/h10-52H,1-9H3/i18D,19D,22D,23D,30D,31D,34D,35D. The maximum atomic E-state index is 11.8. The molecule has 12 aromatic carbocycles. The number of benzene rings is 12. The van der Waals surface area contributed by atoms with Gasteiger partial charge in [0.1, 0.15) is 6.07 Å². The number of para-hydroxylation sites is 4. The van der Waals surface area contributed by atoms with Crippen LogP contribution in [0, 0.1) is 11.3 Å². The molecule has 0 spiro atoms. The van der Waals surface area contributed by atoms with Crippen molar-refractivity contribution in [3.8, 4) is 50.8 Å². The fourth-order valence-electron chi connectivity index (χ4n) is 14.1. The van der Waals surface area contributed by atoms with Crippen LogP contribution in [0.5, 0.6) is 0 Å². The van der Waals surface area contributed by atoms with Crippen LogP contribution in [0.3, 0.4) is 0 Å². The predicted molar refractivity (Wildman–Crippen MR) is 386 cm³/mol. The van der Waals surface area contributed by atoms with E-state index >= 15 is 0 Å². The number of hydrogen-bond acceptors (Lipinski definition) is 3. The highest BCUT2D eigenvalue weighted by atomic mass is 15.2. The Morgan fingerprint density at radius 3 is 1.40 bits per heavy atom. The molecule has 4 heterocycles. The lowest BCUT2D eigenvalue weighted by atomic mass is 9.33. The molecule has 0 saturated heterocycles. The van der Waals surface area contributed by atoms with Gasteiger partial charge in [-0.05, 0) is 162 Å². The Kier molecular flexibility index (Phi) is 10.8. The summed E-state index contributed by atoms with van der Waals surface area (Å²) in [4.78, 5) is 4.69. The summed E-state index contributed by atoms with van der Waals surface area (Å²) in [5.41, 5.74) is 20.4. The molecule has 91 heavy (non-hydrogen) atoms. The lowest BCUT2D eigenvalue weighted by Gasteiger charge is -2.45. The number of anilines is 6. The fraction of sp³-hybridized carbons (Fsp3) is 0.141. The summed E-state index contributed by atoms with van der Waals surface area (Å²) in [7, 11) is 0. The van der Waals surface area contributed by atoms with Gasteiger partial charge in [-0.15, -0.1) is 0 Å². The van der Waals surface area contributed by atoms with Gasteiger partial charge < -0.3 is 18.9 Å². The van der Waals surface area contributed by atoms with Gasteiger partial charge in [-0.25, -0.2) is 0 Å². The van der Waals surface area contributed by atoms with Gasteiger partial charge in [0.05, 0.1) is 50.0 Å². The molecule has 0 radical (unpaired) electrons. The van der Waals surface area contributed by atoms with E-state index in [1.165, 1.54) is 11.1 Å². The van der Waals surface area contributed by atoms with Crippen LogP contribution < -0.4 is 26.2 Å². The third kappa shape index (κ3) is 9.04. The first-order valence-electron chi connectivity index (χ1n) is 35.3. The SMILES string of the molecule is [2H]c1c([2H])c([2H])c2c(c1[2H])c1c([2H])c([2H])c([2H])c([2H])c1n2-c1ccc2c(c1)N(c1cc(-n3c4ccccc4c4ccccc43)ccc1C#N)c1cc(C(C)(C)C)cc3c1B2c1ccc(-c2cc(C(C)(C)C)cc(C(C)(C)C)c2)cc1N3c1ccc(-c2ccccc2)cc1-c1ccccc1. The molecule has 0 amide bonds. The maximum absolute atomic E-state index is 11.8. The van der Waals surface area contributed by atoms with Crippen molar-refractivity contribution < 1.29 is 11.0 Å². The lowest BCUT2D eigenvalue weighted by Crippen LogP contribution is -2.61. The van der Waals surface area contributed by atoms with Gasteiger partial charge in [-0.3, -0.25) is 0 Å². The van der Waals surface area contributed by atoms with Crippen molar-refractivity contribution in [1.29, 1.82) is 5.26 Å². The minimum atomic E-state index is -0.516. The van der Waals surface area contributed by atoms with Gasteiger partial charge in [0, 0.05) is 61.2 Å². The number of rotatable bonds is 7. The zero-order valence-electron chi connectivity index (χ0n) is 60.5. The van der Waals surface area contributed by atoms with Crippen LogP contribution in [0.2, 0.25) is 0 Å². The molecule has 0 unspecified atom stereocenters. The summed E-state index contributed by atoms with van der Waals surface area (Å²) in [5.74, 6) is 0. The Morgan fingerprint density at radius 2 is 0.813 bits per heavy atom. The van der Waals surface area contributed by atoms with E-state index < -0.39 is 60.5 Å². The quantitative estimate of drug-likeness (QED) is 0.149. The van der Waals surface area contributed by atoms with Crippen molar-refractivity contribution in [2.24, 2.45) is 0 Å². The first-order valence-corrected chi connectivity index (χ1v) is 31.3. The zero-order chi connectivity index (χ0) is 69.2. The summed E-state index contributed by atoms with van der Waals surface area (Å²) in [5, 5.41) is 13.9. The minimum absolute atomic E-state index is 0.0120. The zero-order valence-corrected chi connectivity index (χ0v) is 52.5. The molecule has 438 valence electrons. The van der Waals surface area contributed by atoms with Crippen LogP contribution in [0.15, 0.2) is 261 Å². The van der Waals surface area contributed by atoms with Crippen molar-refractivity contribution in [3.05, 3.63) is 283 Å². The number of hydrogen-bond donors (Lipinski definition) is 0. The molecular weight excluding hydrogens is 1100 g/mol. The number of nitrogens with zero attached hydrogens (tertiary/aromatic N) is 5. The van der Waals surface area contributed by atoms with E-state index in [1.54, 1.807) is 4.57 Å². The molecule has 5 nitrogen and oxygen atoms in total. The predicted octanol–water partition coefficient (Wildman–Crippen LogP) is 20.7. The van der Waals surface area contributed by atoms with Crippen LogP contribution in [0.1, 0.15) is 95.5 Å². The van der Waals surface area contributed by atoms with E-state index in [0.29, 0.717) is 22.6 Å². The van der Waals surface area contributed by atoms with Crippen LogP contribution in [0.4, 0.5) is 34.1 Å². The smallest absolute Gasteiger partial charge is 0.252 e. The molecule has 2 aromatic heterocycles. The van der Waals surface area contributed by atoms with E-state index in [2.05, 4.69) is 253 Å². The Hall–Kier alpha value is -10.6. The molecular formula is C85H70BN5.